The first-order chi connectivity index (χ1) is 15.8. The number of carbonyl (C=O) groups excluding carboxylic acids is 3. The molecule has 0 amide bonds. The maximum atomic E-state index is 12.0. The maximum absolute atomic E-state index is 12.0. The van der Waals surface area contributed by atoms with Gasteiger partial charge < -0.3 is 18.9 Å². The van der Waals surface area contributed by atoms with Crippen LogP contribution in [0.25, 0.3) is 0 Å². The third-order valence-electron chi connectivity index (χ3n) is 4.34. The number of hydrogen-bond acceptors (Lipinski definition) is 9. The van der Waals surface area contributed by atoms with Crippen LogP contribution < -0.4 is 0 Å². The van der Waals surface area contributed by atoms with Crippen LogP contribution in [-0.4, -0.2) is 67.6 Å². The van der Waals surface area contributed by atoms with Gasteiger partial charge in [0.1, 0.15) is 5.94 Å². The Balaban J connectivity index is 0.00000125. The molecule has 1 heterocycles. The predicted molar refractivity (Wildman–Crippen MR) is 128 cm³/mol. The summed E-state index contributed by atoms with van der Waals surface area (Å²) in [5.74, 6) is -0.186. The second kappa shape index (κ2) is 16.4. The molecule has 1 aromatic carbocycles. The van der Waals surface area contributed by atoms with Gasteiger partial charge in [0.15, 0.2) is 0 Å². The van der Waals surface area contributed by atoms with E-state index in [-0.39, 0.29) is 23.3 Å². The molecule has 1 aromatic rings. The Morgan fingerprint density at radius 2 is 1.97 bits per heavy atom. The fourth-order valence-electron chi connectivity index (χ4n) is 2.98. The van der Waals surface area contributed by atoms with Gasteiger partial charge in [-0.15, -0.1) is 11.8 Å². The van der Waals surface area contributed by atoms with Gasteiger partial charge in [-0.1, -0.05) is 29.8 Å². The lowest BCUT2D eigenvalue weighted by Crippen LogP contribution is -2.37. The molecule has 0 aromatic heterocycles. The SMILES string of the molecule is CCOC(=O)/C=C1\CN(Cc2ccccc2Cl)CCC1SCOC(=O)OC(C)C.COC=O. The Hall–Kier alpha value is -2.23. The van der Waals surface area contributed by atoms with Crippen LogP contribution in [-0.2, 0) is 35.1 Å². The zero-order valence-electron chi connectivity index (χ0n) is 19.5. The van der Waals surface area contributed by atoms with Crippen molar-refractivity contribution in [2.75, 3.05) is 32.7 Å². The summed E-state index contributed by atoms with van der Waals surface area (Å²) in [5, 5.41) is 0.797. The van der Waals surface area contributed by atoms with E-state index in [4.69, 9.17) is 30.6 Å². The fourth-order valence-corrected chi connectivity index (χ4v) is 4.13. The molecule has 1 fully saturated rings. The molecule has 1 aliphatic heterocycles. The zero-order valence-corrected chi connectivity index (χ0v) is 21.0. The Bertz CT molecular complexity index is 788. The minimum absolute atomic E-state index is 0.0637. The van der Waals surface area contributed by atoms with Crippen molar-refractivity contribution < 1.29 is 33.3 Å². The van der Waals surface area contributed by atoms with E-state index in [1.165, 1.54) is 18.9 Å². The minimum Gasteiger partial charge on any atom is -0.471 e. The zero-order chi connectivity index (χ0) is 24.6. The first kappa shape index (κ1) is 28.8. The number of ether oxygens (including phenoxy) is 4. The molecule has 1 aliphatic rings. The van der Waals surface area contributed by atoms with Crippen LogP contribution in [0.5, 0.6) is 0 Å². The molecule has 10 heteroatoms. The number of hydrogen-bond donors (Lipinski definition) is 0. The number of rotatable bonds is 9. The summed E-state index contributed by atoms with van der Waals surface area (Å²) in [6.45, 7) is 8.19. The number of benzene rings is 1. The summed E-state index contributed by atoms with van der Waals surface area (Å²) in [4.78, 5) is 34.8. The van der Waals surface area contributed by atoms with Gasteiger partial charge in [0, 0.05) is 36.0 Å². The molecule has 0 bridgehead atoms. The molecular formula is C23H32ClNO7S. The van der Waals surface area contributed by atoms with Crippen LogP contribution >= 0.6 is 23.4 Å². The van der Waals surface area contributed by atoms with Crippen LogP contribution in [0, 0.1) is 0 Å². The molecule has 0 N–H and O–H groups in total. The predicted octanol–water partition coefficient (Wildman–Crippen LogP) is 4.45. The number of thioether (sulfide) groups is 1. The minimum atomic E-state index is -0.681. The third kappa shape index (κ3) is 12.0. The van der Waals surface area contributed by atoms with Crippen LogP contribution in [0.2, 0.25) is 5.02 Å². The summed E-state index contributed by atoms with van der Waals surface area (Å²) in [6.07, 6.45) is 1.48. The van der Waals surface area contributed by atoms with Crippen molar-refractivity contribution >= 4 is 42.0 Å². The van der Waals surface area contributed by atoms with Gasteiger partial charge in [0.2, 0.25) is 0 Å². The molecule has 1 unspecified atom stereocenters. The number of carbonyl (C=O) groups is 3. The fraction of sp³-hybridized carbons (Fsp3) is 0.522. The van der Waals surface area contributed by atoms with Crippen LogP contribution in [0.15, 0.2) is 35.9 Å². The van der Waals surface area contributed by atoms with Crippen LogP contribution in [0.1, 0.15) is 32.8 Å². The highest BCUT2D eigenvalue weighted by Gasteiger charge is 2.26. The highest BCUT2D eigenvalue weighted by molar-refractivity contribution is 7.99. The number of nitrogens with zero attached hydrogens (tertiary/aromatic N) is 1. The second-order valence-electron chi connectivity index (χ2n) is 7.23. The van der Waals surface area contributed by atoms with Gasteiger partial charge in [-0.3, -0.25) is 9.69 Å². The Labute approximate surface area is 204 Å². The van der Waals surface area contributed by atoms with E-state index >= 15 is 0 Å². The molecule has 184 valence electrons. The first-order valence-corrected chi connectivity index (χ1v) is 12.0. The lowest BCUT2D eigenvalue weighted by atomic mass is 10.0. The van der Waals surface area contributed by atoms with Crippen molar-refractivity contribution in [1.29, 1.82) is 0 Å². The number of halogens is 1. The maximum Gasteiger partial charge on any atom is 0.509 e. The van der Waals surface area contributed by atoms with E-state index in [2.05, 4.69) is 9.64 Å². The Morgan fingerprint density at radius 1 is 1.27 bits per heavy atom. The third-order valence-corrected chi connectivity index (χ3v) is 5.91. The molecular weight excluding hydrogens is 470 g/mol. The van der Waals surface area contributed by atoms with Gasteiger partial charge in [-0.25, -0.2) is 9.59 Å². The van der Waals surface area contributed by atoms with Crippen molar-refractivity contribution in [2.45, 2.75) is 45.1 Å². The van der Waals surface area contributed by atoms with Crippen molar-refractivity contribution in [3.63, 3.8) is 0 Å². The molecule has 0 aliphatic carbocycles. The summed E-state index contributed by atoms with van der Waals surface area (Å²) in [6, 6.07) is 7.76. The van der Waals surface area contributed by atoms with Gasteiger partial charge in [0.25, 0.3) is 6.47 Å². The molecule has 0 spiro atoms. The monoisotopic (exact) mass is 501 g/mol. The van der Waals surface area contributed by atoms with Crippen LogP contribution in [0.3, 0.4) is 0 Å². The van der Waals surface area contributed by atoms with Crippen LogP contribution in [0.4, 0.5) is 4.79 Å². The van der Waals surface area contributed by atoms with Crippen molar-refractivity contribution in [2.24, 2.45) is 0 Å². The first-order valence-electron chi connectivity index (χ1n) is 10.5. The molecule has 1 saturated heterocycles. The number of esters is 1. The summed E-state index contributed by atoms with van der Waals surface area (Å²) >= 11 is 7.77. The Kier molecular flexibility index (Phi) is 14.3. The van der Waals surface area contributed by atoms with E-state index < -0.39 is 6.16 Å². The van der Waals surface area contributed by atoms with E-state index in [1.54, 1.807) is 26.8 Å². The second-order valence-corrected chi connectivity index (χ2v) is 8.77. The molecule has 8 nitrogen and oxygen atoms in total. The highest BCUT2D eigenvalue weighted by atomic mass is 35.5. The van der Waals surface area contributed by atoms with E-state index in [1.807, 2.05) is 24.3 Å². The summed E-state index contributed by atoms with van der Waals surface area (Å²) in [5.41, 5.74) is 2.00. The average Bonchev–Trinajstić information content (AvgIpc) is 2.76. The Morgan fingerprint density at radius 3 is 2.58 bits per heavy atom. The topological polar surface area (TPSA) is 91.4 Å². The lowest BCUT2D eigenvalue weighted by Gasteiger charge is -2.34. The average molecular weight is 502 g/mol. The summed E-state index contributed by atoms with van der Waals surface area (Å²) < 4.78 is 19.0. The van der Waals surface area contributed by atoms with Crippen molar-refractivity contribution in [3.05, 3.63) is 46.5 Å². The highest BCUT2D eigenvalue weighted by Crippen LogP contribution is 2.30. The van der Waals surface area contributed by atoms with Crippen molar-refractivity contribution in [3.8, 4) is 0 Å². The number of likely N-dealkylation sites (tertiary alicyclic amines) is 1. The van der Waals surface area contributed by atoms with Crippen molar-refractivity contribution in [1.82, 2.24) is 4.90 Å². The summed E-state index contributed by atoms with van der Waals surface area (Å²) in [7, 11) is 1.31. The number of piperidine rings is 1. The number of methoxy groups -OCH3 is 1. The molecule has 1 atom stereocenters. The largest absolute Gasteiger partial charge is 0.509 e. The normalized spacial score (nSPS) is 17.0. The van der Waals surface area contributed by atoms with E-state index in [0.717, 1.165) is 29.1 Å². The molecule has 0 saturated carbocycles. The van der Waals surface area contributed by atoms with E-state index in [9.17, 15) is 9.59 Å². The smallest absolute Gasteiger partial charge is 0.471 e. The lowest BCUT2D eigenvalue weighted by molar-refractivity contribution is -0.137. The molecule has 0 radical (unpaired) electrons. The van der Waals surface area contributed by atoms with Gasteiger partial charge >= 0.3 is 12.1 Å². The van der Waals surface area contributed by atoms with Gasteiger partial charge in [0.05, 0.1) is 19.8 Å². The van der Waals surface area contributed by atoms with E-state index in [0.29, 0.717) is 26.2 Å². The quantitative estimate of drug-likeness (QED) is 0.160. The molecule has 2 rings (SSSR count). The standard InChI is InChI=1S/C21H28ClNO5S.C2H4O2/c1-4-26-20(24)11-17-13-23(12-16-7-5-6-8-18(16)22)10-9-19(17)29-14-27-21(25)28-15(2)3;1-4-2-3/h5-8,11,15,19H,4,9-10,12-14H2,1-3H3;2H,1H3/b17-11+;. The van der Waals surface area contributed by atoms with Gasteiger partial charge in [-0.2, -0.15) is 0 Å². The van der Waals surface area contributed by atoms with Gasteiger partial charge in [-0.05, 0) is 44.4 Å². The molecule has 33 heavy (non-hydrogen) atoms.